The molecule has 1 aliphatic carbocycles. The van der Waals surface area contributed by atoms with Crippen molar-refractivity contribution in [2.24, 2.45) is 5.92 Å². The fourth-order valence-electron chi connectivity index (χ4n) is 1.07. The number of hydrogen-bond donors (Lipinski definition) is 1. The average Bonchev–Trinajstić information content (AvgIpc) is 2.92. The zero-order valence-corrected chi connectivity index (χ0v) is 8.77. The van der Waals surface area contributed by atoms with E-state index in [0.29, 0.717) is 15.9 Å². The lowest BCUT2D eigenvalue weighted by Crippen LogP contribution is -2.14. The van der Waals surface area contributed by atoms with Gasteiger partial charge in [-0.1, -0.05) is 23.2 Å². The fourth-order valence-corrected chi connectivity index (χ4v) is 1.50. The van der Waals surface area contributed by atoms with Crippen molar-refractivity contribution < 1.29 is 4.79 Å². The highest BCUT2D eigenvalue weighted by molar-refractivity contribution is 6.36. The van der Waals surface area contributed by atoms with Crippen molar-refractivity contribution >= 4 is 34.9 Å². The molecule has 1 amide bonds. The van der Waals surface area contributed by atoms with Crippen LogP contribution in [0.25, 0.3) is 0 Å². The molecule has 0 unspecified atom stereocenters. The smallest absolute Gasteiger partial charge is 0.228 e. The molecule has 0 aliphatic heterocycles. The largest absolute Gasteiger partial charge is 0.309 e. The molecule has 0 spiro atoms. The van der Waals surface area contributed by atoms with Gasteiger partial charge in [0.2, 0.25) is 5.91 Å². The summed E-state index contributed by atoms with van der Waals surface area (Å²) in [6.45, 7) is 0. The molecule has 0 atom stereocenters. The van der Waals surface area contributed by atoms with E-state index in [0.717, 1.165) is 12.8 Å². The minimum Gasteiger partial charge on any atom is -0.309 e. The highest BCUT2D eigenvalue weighted by atomic mass is 35.5. The second kappa shape index (κ2) is 3.75. The molecule has 1 N–H and O–H groups in total. The summed E-state index contributed by atoms with van der Waals surface area (Å²) in [5.74, 6) is 0.512. The Kier molecular flexibility index (Phi) is 2.61. The number of carbonyl (C=O) groups is 1. The van der Waals surface area contributed by atoms with E-state index in [-0.39, 0.29) is 11.8 Å². The number of rotatable bonds is 2. The maximum atomic E-state index is 11.4. The first-order valence-corrected chi connectivity index (χ1v) is 5.04. The quantitative estimate of drug-likeness (QED) is 0.850. The van der Waals surface area contributed by atoms with E-state index < -0.39 is 0 Å². The van der Waals surface area contributed by atoms with Gasteiger partial charge in [-0.05, 0) is 18.9 Å². The molecule has 14 heavy (non-hydrogen) atoms. The number of nitrogens with zero attached hydrogens (tertiary/aromatic N) is 1. The standard InChI is InChI=1S/C9H8Cl2N2O/c10-6-3-7(11)8(12-4-6)13-9(14)5-1-2-5/h3-5H,1-2H2,(H,12,13,14). The lowest BCUT2D eigenvalue weighted by Gasteiger charge is -2.04. The molecule has 74 valence electrons. The first kappa shape index (κ1) is 9.74. The second-order valence-corrected chi connectivity index (χ2v) is 4.09. The third kappa shape index (κ3) is 2.16. The van der Waals surface area contributed by atoms with Crippen LogP contribution in [0.5, 0.6) is 0 Å². The second-order valence-electron chi connectivity index (χ2n) is 3.25. The SMILES string of the molecule is O=C(Nc1ncc(Cl)cc1Cl)C1CC1. The molecule has 0 radical (unpaired) electrons. The van der Waals surface area contributed by atoms with Gasteiger partial charge in [0.1, 0.15) is 0 Å². The zero-order chi connectivity index (χ0) is 10.1. The Bertz CT molecular complexity index is 377. The molecular weight excluding hydrogens is 223 g/mol. The summed E-state index contributed by atoms with van der Waals surface area (Å²) in [4.78, 5) is 15.3. The Hall–Kier alpha value is -0.800. The average molecular weight is 231 g/mol. The molecule has 3 nitrogen and oxygen atoms in total. The Morgan fingerprint density at radius 3 is 2.79 bits per heavy atom. The Morgan fingerprint density at radius 2 is 2.21 bits per heavy atom. The van der Waals surface area contributed by atoms with Gasteiger partial charge in [-0.3, -0.25) is 4.79 Å². The van der Waals surface area contributed by atoms with Crippen LogP contribution >= 0.6 is 23.2 Å². The maximum Gasteiger partial charge on any atom is 0.228 e. The molecule has 1 fully saturated rings. The molecule has 5 heteroatoms. The van der Waals surface area contributed by atoms with Crippen molar-refractivity contribution in [2.75, 3.05) is 5.32 Å². The lowest BCUT2D eigenvalue weighted by molar-refractivity contribution is -0.117. The van der Waals surface area contributed by atoms with E-state index in [1.54, 1.807) is 6.07 Å². The maximum absolute atomic E-state index is 11.4. The van der Waals surface area contributed by atoms with Gasteiger partial charge < -0.3 is 5.32 Å². The zero-order valence-electron chi connectivity index (χ0n) is 7.26. The molecular formula is C9H8Cl2N2O. The van der Waals surface area contributed by atoms with Crippen molar-refractivity contribution in [3.8, 4) is 0 Å². The number of amides is 1. The Labute approximate surface area is 91.4 Å². The summed E-state index contributed by atoms with van der Waals surface area (Å²) in [6.07, 6.45) is 3.37. The first-order chi connectivity index (χ1) is 6.66. The molecule has 1 heterocycles. The molecule has 1 aromatic heterocycles. The number of hydrogen-bond acceptors (Lipinski definition) is 2. The normalized spacial score (nSPS) is 15.3. The molecule has 1 saturated carbocycles. The van der Waals surface area contributed by atoms with E-state index >= 15 is 0 Å². The van der Waals surface area contributed by atoms with Crippen molar-refractivity contribution in [3.63, 3.8) is 0 Å². The Morgan fingerprint density at radius 1 is 1.50 bits per heavy atom. The predicted molar refractivity (Wildman–Crippen MR) is 55.6 cm³/mol. The van der Waals surface area contributed by atoms with Gasteiger partial charge in [0.25, 0.3) is 0 Å². The number of pyridine rings is 1. The van der Waals surface area contributed by atoms with Crippen molar-refractivity contribution in [1.82, 2.24) is 4.98 Å². The van der Waals surface area contributed by atoms with Crippen LogP contribution in [0.2, 0.25) is 10.0 Å². The summed E-state index contributed by atoms with van der Waals surface area (Å²) in [6, 6.07) is 1.55. The van der Waals surface area contributed by atoms with Crippen LogP contribution in [0.3, 0.4) is 0 Å². The number of aromatic nitrogens is 1. The van der Waals surface area contributed by atoms with E-state index in [1.165, 1.54) is 6.20 Å². The summed E-state index contributed by atoms with van der Waals surface area (Å²) >= 11 is 11.5. The van der Waals surface area contributed by atoms with Crippen molar-refractivity contribution in [2.45, 2.75) is 12.8 Å². The van der Waals surface area contributed by atoms with Gasteiger partial charge in [-0.2, -0.15) is 0 Å². The number of carbonyl (C=O) groups excluding carboxylic acids is 1. The van der Waals surface area contributed by atoms with Crippen molar-refractivity contribution in [3.05, 3.63) is 22.3 Å². The van der Waals surface area contributed by atoms with Gasteiger partial charge in [0.05, 0.1) is 10.0 Å². The fraction of sp³-hybridized carbons (Fsp3) is 0.333. The van der Waals surface area contributed by atoms with Crippen LogP contribution in [-0.2, 0) is 4.79 Å². The van der Waals surface area contributed by atoms with Crippen LogP contribution in [0.15, 0.2) is 12.3 Å². The van der Waals surface area contributed by atoms with Gasteiger partial charge in [-0.15, -0.1) is 0 Å². The molecule has 0 saturated heterocycles. The van der Waals surface area contributed by atoms with Crippen LogP contribution in [0.1, 0.15) is 12.8 Å². The highest BCUT2D eigenvalue weighted by Crippen LogP contribution is 2.31. The topological polar surface area (TPSA) is 42.0 Å². The van der Waals surface area contributed by atoms with Crippen LogP contribution in [-0.4, -0.2) is 10.9 Å². The minimum absolute atomic E-state index is 0.0123. The summed E-state index contributed by atoms with van der Waals surface area (Å²) in [5, 5.41) is 3.48. The van der Waals surface area contributed by atoms with E-state index in [2.05, 4.69) is 10.3 Å². The van der Waals surface area contributed by atoms with E-state index in [9.17, 15) is 4.79 Å². The summed E-state index contributed by atoms with van der Waals surface area (Å²) in [5.41, 5.74) is 0. The van der Waals surface area contributed by atoms with Gasteiger partial charge >= 0.3 is 0 Å². The van der Waals surface area contributed by atoms with Crippen LogP contribution in [0.4, 0.5) is 5.82 Å². The molecule has 0 aromatic carbocycles. The first-order valence-electron chi connectivity index (χ1n) is 4.29. The molecule has 2 rings (SSSR count). The number of anilines is 1. The highest BCUT2D eigenvalue weighted by Gasteiger charge is 2.30. The van der Waals surface area contributed by atoms with Gasteiger partial charge in [0.15, 0.2) is 5.82 Å². The third-order valence-corrected chi connectivity index (χ3v) is 2.49. The number of halogens is 2. The van der Waals surface area contributed by atoms with Crippen LogP contribution in [0, 0.1) is 5.92 Å². The summed E-state index contributed by atoms with van der Waals surface area (Å²) < 4.78 is 0. The van der Waals surface area contributed by atoms with Crippen molar-refractivity contribution in [1.29, 1.82) is 0 Å². The third-order valence-electron chi connectivity index (χ3n) is 2.00. The Balaban J connectivity index is 2.11. The van der Waals surface area contributed by atoms with Gasteiger partial charge in [0, 0.05) is 12.1 Å². The minimum atomic E-state index is -0.0123. The molecule has 1 aliphatic rings. The van der Waals surface area contributed by atoms with E-state index in [1.807, 2.05) is 0 Å². The molecule has 0 bridgehead atoms. The predicted octanol–water partition coefficient (Wildman–Crippen LogP) is 2.74. The van der Waals surface area contributed by atoms with E-state index in [4.69, 9.17) is 23.2 Å². The van der Waals surface area contributed by atoms with Crippen LogP contribution < -0.4 is 5.32 Å². The lowest BCUT2D eigenvalue weighted by atomic mass is 10.4. The monoisotopic (exact) mass is 230 g/mol. The number of nitrogens with one attached hydrogen (secondary N) is 1. The van der Waals surface area contributed by atoms with Gasteiger partial charge in [-0.25, -0.2) is 4.98 Å². The summed E-state index contributed by atoms with van der Waals surface area (Å²) in [7, 11) is 0. The molecule has 1 aromatic rings.